The van der Waals surface area contributed by atoms with Gasteiger partial charge in [-0.05, 0) is 60.5 Å². The Bertz CT molecular complexity index is 2080. The van der Waals surface area contributed by atoms with E-state index < -0.39 is 106 Å². The zero-order valence-electron chi connectivity index (χ0n) is 36.0. The van der Waals surface area contributed by atoms with Gasteiger partial charge in [-0.3, -0.25) is 0 Å². The van der Waals surface area contributed by atoms with E-state index in [1.54, 1.807) is 89.3 Å². The van der Waals surface area contributed by atoms with Crippen molar-refractivity contribution in [3.05, 3.63) is 100 Å². The molecular formula is C46H60O14. The maximum atomic E-state index is 13.3. The molecule has 1 saturated carbocycles. The van der Waals surface area contributed by atoms with Crippen LogP contribution in [0.25, 0.3) is 0 Å². The minimum absolute atomic E-state index is 0.268. The number of hydrogen-bond donors (Lipinski definition) is 4. The van der Waals surface area contributed by atoms with Gasteiger partial charge >= 0.3 is 11.6 Å². The van der Waals surface area contributed by atoms with Gasteiger partial charge < -0.3 is 58.0 Å². The van der Waals surface area contributed by atoms with Gasteiger partial charge in [0.05, 0.1) is 72.9 Å². The Labute approximate surface area is 350 Å². The van der Waals surface area contributed by atoms with Crippen molar-refractivity contribution in [2.24, 2.45) is 22.2 Å². The highest BCUT2D eigenvalue weighted by atomic mass is 16.7. The normalized spacial score (nSPS) is 46.1. The average molecular weight is 837 g/mol. The van der Waals surface area contributed by atoms with Crippen LogP contribution in [0.2, 0.25) is 0 Å². The first kappa shape index (κ1) is 44.2. The summed E-state index contributed by atoms with van der Waals surface area (Å²) in [6, 6.07) is 1.26. The molecule has 60 heavy (non-hydrogen) atoms. The molecule has 5 fully saturated rings. The van der Waals surface area contributed by atoms with Gasteiger partial charge in [-0.1, -0.05) is 68.5 Å². The number of hydrogen-bond acceptors (Lipinski definition) is 14. The van der Waals surface area contributed by atoms with Gasteiger partial charge in [-0.25, -0.2) is 9.59 Å². The third kappa shape index (κ3) is 6.04. The maximum absolute atomic E-state index is 13.3. The van der Waals surface area contributed by atoms with Gasteiger partial charge in [0, 0.05) is 11.5 Å². The Morgan fingerprint density at radius 1 is 0.733 bits per heavy atom. The Kier molecular flexibility index (Phi) is 11.4. The monoisotopic (exact) mass is 836 g/mol. The summed E-state index contributed by atoms with van der Waals surface area (Å²) in [5.74, 6) is -0.937. The number of fused-ring (bicyclic) bond motifs is 3. The fourth-order valence-corrected chi connectivity index (χ4v) is 10.9. The van der Waals surface area contributed by atoms with E-state index in [-0.39, 0.29) is 5.76 Å². The van der Waals surface area contributed by atoms with Gasteiger partial charge in [0.25, 0.3) is 0 Å². The van der Waals surface area contributed by atoms with Crippen molar-refractivity contribution in [3.8, 4) is 5.75 Å². The average Bonchev–Trinajstić information content (AvgIpc) is 3.76. The molecule has 4 N–H and O–H groups in total. The fraction of sp³-hybridized carbons (Fsp3) is 0.609. The number of rotatable bonds is 12. The van der Waals surface area contributed by atoms with Crippen molar-refractivity contribution in [2.75, 3.05) is 14.2 Å². The number of ether oxygens (including phenoxy) is 7. The summed E-state index contributed by atoms with van der Waals surface area (Å²) in [4.78, 5) is 26.3. The van der Waals surface area contributed by atoms with Gasteiger partial charge in [0.15, 0.2) is 18.2 Å². The highest BCUT2D eigenvalue weighted by molar-refractivity contribution is 5.86. The highest BCUT2D eigenvalue weighted by Gasteiger charge is 2.76. The Morgan fingerprint density at radius 3 is 1.75 bits per heavy atom. The molecule has 6 heterocycles. The van der Waals surface area contributed by atoms with Crippen molar-refractivity contribution in [1.29, 1.82) is 0 Å². The molecule has 0 spiro atoms. The Balaban J connectivity index is 1.18. The van der Waals surface area contributed by atoms with Crippen LogP contribution in [-0.2, 0) is 33.2 Å². The van der Waals surface area contributed by atoms with Crippen LogP contribution >= 0.6 is 0 Å². The third-order valence-electron chi connectivity index (χ3n) is 15.1. The zero-order valence-corrected chi connectivity index (χ0v) is 36.0. The Morgan fingerprint density at radius 2 is 1.25 bits per heavy atom. The largest absolute Gasteiger partial charge is 0.500 e. The summed E-state index contributed by atoms with van der Waals surface area (Å²) in [6.45, 7) is 14.4. The SMILES string of the molecule is CC[C@H]1O[C@@H]2O[C@H](/C=C/C=C/C=C/[C@@]34OC(=O)C=C(OC)[C@]3(C)[C@H](/C=C/C=C/[C@H]3O[C@H]5O[C@H](CC)[C@](C)(O)[C@@]5(C)[C@H]3O)[C@@H]4c3oc(=O)cc(OC)c3C)[C@H](O)[C@]2(C)[C@@]1(C)O. The number of aliphatic hydroxyl groups excluding tert-OH is 2. The van der Waals surface area contributed by atoms with E-state index in [9.17, 15) is 30.0 Å². The molecule has 0 radical (unpaired) electrons. The number of carbonyl (C=O) groups excluding carboxylic acids is 1. The first-order valence-electron chi connectivity index (χ1n) is 20.7. The molecule has 328 valence electrons. The summed E-state index contributed by atoms with van der Waals surface area (Å²) in [5.41, 5.74) is -7.23. The van der Waals surface area contributed by atoms with E-state index in [1.165, 1.54) is 26.4 Å². The summed E-state index contributed by atoms with van der Waals surface area (Å²) in [5, 5.41) is 45.4. The first-order chi connectivity index (χ1) is 28.3. The van der Waals surface area contributed by atoms with Crippen LogP contribution in [-0.4, -0.2) is 107 Å². The molecule has 4 saturated heterocycles. The standard InChI is InChI=1S/C46H60O14/c1-11-30-44(7,51)42(5)37(49)27(55-39(42)57-30)20-15-13-14-18-22-46-35(36-25(3)29(53-9)23-33(47)59-36)26(41(46,4)32(54-10)24-34(48)60-46)19-16-17-21-28-38(50)43(6)40(56-28)58-31(12-2)45(43,8)52/h13-24,26-28,30-31,35,37-40,49-52H,11-12H2,1-10H3/b14-13+,19-16+,20-15+,21-17+,22-18+/t26-,27-,28-,30-,31-,35-,37+,38+,39+,40+,41+,42+,43+,44+,45+,46+/m1/s1. The van der Waals surface area contributed by atoms with Gasteiger partial charge in [0.1, 0.15) is 40.7 Å². The van der Waals surface area contributed by atoms with Crippen molar-refractivity contribution in [2.45, 2.75) is 140 Å². The van der Waals surface area contributed by atoms with Crippen LogP contribution in [0.1, 0.15) is 78.5 Å². The van der Waals surface area contributed by atoms with Gasteiger partial charge in [-0.15, -0.1) is 0 Å². The van der Waals surface area contributed by atoms with E-state index in [0.29, 0.717) is 29.9 Å². The number of esters is 1. The smallest absolute Gasteiger partial charge is 0.339 e. The second-order valence-corrected chi connectivity index (χ2v) is 17.8. The molecule has 5 aliphatic heterocycles. The third-order valence-corrected chi connectivity index (χ3v) is 15.1. The topological polar surface area (TPSA) is 193 Å². The number of aliphatic hydroxyl groups is 4. The molecule has 16 atom stereocenters. The van der Waals surface area contributed by atoms with E-state index in [0.717, 1.165) is 0 Å². The van der Waals surface area contributed by atoms with Crippen molar-refractivity contribution < 1.29 is 62.8 Å². The lowest BCUT2D eigenvalue weighted by Crippen LogP contribution is -2.70. The second-order valence-electron chi connectivity index (χ2n) is 17.8. The molecule has 1 aromatic heterocycles. The van der Waals surface area contributed by atoms with Crippen LogP contribution in [0.5, 0.6) is 5.75 Å². The van der Waals surface area contributed by atoms with E-state index in [2.05, 4.69) is 0 Å². The summed E-state index contributed by atoms with van der Waals surface area (Å²) in [7, 11) is 2.94. The molecule has 7 rings (SSSR count). The molecule has 14 nitrogen and oxygen atoms in total. The second kappa shape index (κ2) is 15.5. The van der Waals surface area contributed by atoms with Crippen molar-refractivity contribution >= 4 is 5.97 Å². The molecule has 14 heteroatoms. The molecule has 0 unspecified atom stereocenters. The zero-order chi connectivity index (χ0) is 43.8. The van der Waals surface area contributed by atoms with Crippen LogP contribution in [0.4, 0.5) is 0 Å². The molecule has 0 bridgehead atoms. The van der Waals surface area contributed by atoms with E-state index in [1.807, 2.05) is 26.8 Å². The van der Waals surface area contributed by atoms with Crippen LogP contribution in [0, 0.1) is 29.1 Å². The lowest BCUT2D eigenvalue weighted by Gasteiger charge is -2.65. The minimum Gasteiger partial charge on any atom is -0.500 e. The van der Waals surface area contributed by atoms with Crippen LogP contribution < -0.4 is 10.4 Å². The summed E-state index contributed by atoms with van der Waals surface area (Å²) in [6.07, 6.45) is 13.9. The molecular weight excluding hydrogens is 776 g/mol. The molecule has 6 aliphatic rings. The molecule has 1 aromatic rings. The molecule has 0 amide bonds. The molecule has 0 aromatic carbocycles. The highest BCUT2D eigenvalue weighted by Crippen LogP contribution is 2.71. The summed E-state index contributed by atoms with van der Waals surface area (Å²) >= 11 is 0. The summed E-state index contributed by atoms with van der Waals surface area (Å²) < 4.78 is 47.8. The van der Waals surface area contributed by atoms with E-state index in [4.69, 9.17) is 37.6 Å². The van der Waals surface area contributed by atoms with E-state index >= 15 is 0 Å². The van der Waals surface area contributed by atoms with Gasteiger partial charge in [0.2, 0.25) is 0 Å². The van der Waals surface area contributed by atoms with Gasteiger partial charge in [-0.2, -0.15) is 0 Å². The van der Waals surface area contributed by atoms with Crippen LogP contribution in [0.3, 0.4) is 0 Å². The minimum atomic E-state index is -1.42. The lowest BCUT2D eigenvalue weighted by molar-refractivity contribution is -0.218. The quantitative estimate of drug-likeness (QED) is 0.169. The van der Waals surface area contributed by atoms with Crippen molar-refractivity contribution in [1.82, 2.24) is 0 Å². The van der Waals surface area contributed by atoms with Crippen LogP contribution in [0.15, 0.2) is 87.9 Å². The Hall–Kier alpha value is -3.86. The number of carbonyl (C=O) groups is 1. The molecule has 1 aliphatic carbocycles. The fourth-order valence-electron chi connectivity index (χ4n) is 10.9. The lowest BCUT2D eigenvalue weighted by atomic mass is 9.42. The predicted molar refractivity (Wildman–Crippen MR) is 217 cm³/mol. The number of allylic oxidation sites excluding steroid dienone is 7. The number of methoxy groups -OCH3 is 2. The maximum Gasteiger partial charge on any atom is 0.339 e. The predicted octanol–water partition coefficient (Wildman–Crippen LogP) is 4.59. The van der Waals surface area contributed by atoms with Crippen molar-refractivity contribution in [3.63, 3.8) is 0 Å². The first-order valence-corrected chi connectivity index (χ1v) is 20.7.